The highest BCUT2D eigenvalue weighted by molar-refractivity contribution is 5.52. The molecule has 104 valence electrons. The fraction of sp³-hybridized carbons (Fsp3) is 0.667. The summed E-state index contributed by atoms with van der Waals surface area (Å²) in [6.07, 6.45) is 3.25. The van der Waals surface area contributed by atoms with Crippen LogP contribution in [0, 0.1) is 0 Å². The van der Waals surface area contributed by atoms with E-state index in [0.717, 1.165) is 13.1 Å². The first-order chi connectivity index (χ1) is 8.99. The summed E-state index contributed by atoms with van der Waals surface area (Å²) < 4.78 is 5.12. The molecular weight excluding hydrogens is 238 g/mol. The van der Waals surface area contributed by atoms with Gasteiger partial charge in [-0.05, 0) is 33.3 Å². The molecule has 0 aromatic carbocycles. The van der Waals surface area contributed by atoms with Crippen molar-refractivity contribution in [2.75, 3.05) is 25.1 Å². The Bertz CT molecular complexity index is 439. The Morgan fingerprint density at radius 2 is 1.89 bits per heavy atom. The lowest BCUT2D eigenvalue weighted by molar-refractivity contribution is 0.0415. The smallest absolute Gasteiger partial charge is 0.213 e. The molecule has 2 fully saturated rings. The lowest BCUT2D eigenvalue weighted by Gasteiger charge is -2.60. The number of piperidine rings is 1. The molecule has 0 radical (unpaired) electrons. The zero-order chi connectivity index (χ0) is 13.6. The van der Waals surface area contributed by atoms with Crippen LogP contribution in [-0.2, 0) is 0 Å². The maximum absolute atomic E-state index is 5.12. The Morgan fingerprint density at radius 3 is 2.37 bits per heavy atom. The van der Waals surface area contributed by atoms with Crippen LogP contribution in [0.15, 0.2) is 18.3 Å². The van der Waals surface area contributed by atoms with Crippen molar-refractivity contribution in [3.8, 4) is 5.88 Å². The van der Waals surface area contributed by atoms with Crippen LogP contribution in [0.25, 0.3) is 0 Å². The van der Waals surface area contributed by atoms with Gasteiger partial charge in [0.25, 0.3) is 0 Å². The minimum absolute atomic E-state index is 0.279. The van der Waals surface area contributed by atoms with E-state index in [2.05, 4.69) is 41.6 Å². The lowest BCUT2D eigenvalue weighted by Crippen LogP contribution is -2.71. The number of hydrogen-bond acceptors (Lipinski definition) is 4. The van der Waals surface area contributed by atoms with Crippen LogP contribution < -0.4 is 9.64 Å². The topological polar surface area (TPSA) is 28.6 Å². The molecular formula is C15H23N3O. The van der Waals surface area contributed by atoms with Crippen molar-refractivity contribution in [1.29, 1.82) is 0 Å². The van der Waals surface area contributed by atoms with Crippen molar-refractivity contribution < 1.29 is 4.74 Å². The van der Waals surface area contributed by atoms with Gasteiger partial charge in [-0.1, -0.05) is 0 Å². The van der Waals surface area contributed by atoms with Crippen molar-refractivity contribution in [3.05, 3.63) is 18.3 Å². The molecule has 4 nitrogen and oxygen atoms in total. The Kier molecular flexibility index (Phi) is 2.93. The average Bonchev–Trinajstić information content (AvgIpc) is 2.38. The maximum Gasteiger partial charge on any atom is 0.213 e. The third-order valence-electron chi connectivity index (χ3n) is 4.37. The average molecular weight is 261 g/mol. The number of methoxy groups -OCH3 is 1. The molecule has 2 bridgehead atoms. The molecule has 0 amide bonds. The number of ether oxygens (including phenoxy) is 1. The maximum atomic E-state index is 5.12. The van der Waals surface area contributed by atoms with Gasteiger partial charge in [0, 0.05) is 36.8 Å². The number of aromatic nitrogens is 1. The van der Waals surface area contributed by atoms with Gasteiger partial charge in [-0.3, -0.25) is 4.90 Å². The number of rotatable bonds is 2. The van der Waals surface area contributed by atoms with Crippen LogP contribution in [0.3, 0.4) is 0 Å². The second-order valence-corrected chi connectivity index (χ2v) is 6.59. The summed E-state index contributed by atoms with van der Waals surface area (Å²) in [5, 5.41) is 0. The first-order valence-electron chi connectivity index (χ1n) is 7.02. The lowest BCUT2D eigenvalue weighted by atomic mass is 9.84. The van der Waals surface area contributed by atoms with Crippen LogP contribution >= 0.6 is 0 Å². The second kappa shape index (κ2) is 4.37. The van der Waals surface area contributed by atoms with Gasteiger partial charge in [0.15, 0.2) is 0 Å². The van der Waals surface area contributed by atoms with Crippen molar-refractivity contribution in [2.24, 2.45) is 0 Å². The molecule has 2 aliphatic heterocycles. The number of pyridine rings is 1. The summed E-state index contributed by atoms with van der Waals surface area (Å²) in [4.78, 5) is 9.44. The highest BCUT2D eigenvalue weighted by atomic mass is 16.5. The standard InChI is InChI=1S/C15H23N3O/c1-15(2,3)17-9-12-7-13(10-17)18(12)11-5-6-14(19-4)16-8-11/h5-6,8,12-13H,7,9-10H2,1-4H3. The summed E-state index contributed by atoms with van der Waals surface area (Å²) in [5.41, 5.74) is 1.51. The Labute approximate surface area is 115 Å². The van der Waals surface area contributed by atoms with E-state index in [1.807, 2.05) is 12.3 Å². The van der Waals surface area contributed by atoms with E-state index < -0.39 is 0 Å². The second-order valence-electron chi connectivity index (χ2n) is 6.59. The minimum atomic E-state index is 0.279. The monoisotopic (exact) mass is 261 g/mol. The van der Waals surface area contributed by atoms with E-state index in [4.69, 9.17) is 4.74 Å². The number of nitrogens with zero attached hydrogens (tertiary/aromatic N) is 3. The van der Waals surface area contributed by atoms with E-state index in [1.165, 1.54) is 12.1 Å². The van der Waals surface area contributed by atoms with E-state index in [-0.39, 0.29) is 5.54 Å². The van der Waals surface area contributed by atoms with Gasteiger partial charge < -0.3 is 9.64 Å². The molecule has 0 saturated carbocycles. The molecule has 3 heterocycles. The number of fused-ring (bicyclic) bond motifs is 2. The molecule has 2 aliphatic rings. The third-order valence-corrected chi connectivity index (χ3v) is 4.37. The van der Waals surface area contributed by atoms with Crippen LogP contribution in [0.1, 0.15) is 27.2 Å². The van der Waals surface area contributed by atoms with E-state index in [9.17, 15) is 0 Å². The first-order valence-corrected chi connectivity index (χ1v) is 7.02. The summed E-state index contributed by atoms with van der Waals surface area (Å²) in [6, 6.07) is 5.36. The SMILES string of the molecule is COc1ccc(N2C3CC2CN(C(C)(C)C)C3)cn1. The molecule has 0 spiro atoms. The molecule has 0 N–H and O–H groups in total. The van der Waals surface area contributed by atoms with E-state index in [0.29, 0.717) is 18.0 Å². The molecule has 1 aromatic rings. The zero-order valence-corrected chi connectivity index (χ0v) is 12.3. The highest BCUT2D eigenvalue weighted by Gasteiger charge is 2.46. The van der Waals surface area contributed by atoms with Gasteiger partial charge in [-0.25, -0.2) is 4.98 Å². The highest BCUT2D eigenvalue weighted by Crippen LogP contribution is 2.38. The number of anilines is 1. The van der Waals surface area contributed by atoms with Gasteiger partial charge in [0.1, 0.15) is 0 Å². The summed E-state index contributed by atoms with van der Waals surface area (Å²) >= 11 is 0. The van der Waals surface area contributed by atoms with Crippen molar-refractivity contribution in [1.82, 2.24) is 9.88 Å². The van der Waals surface area contributed by atoms with Gasteiger partial charge >= 0.3 is 0 Å². The van der Waals surface area contributed by atoms with Gasteiger partial charge in [0.2, 0.25) is 5.88 Å². The fourth-order valence-electron chi connectivity index (χ4n) is 3.23. The predicted octanol–water partition coefficient (Wildman–Crippen LogP) is 2.15. The van der Waals surface area contributed by atoms with Crippen LogP contribution in [-0.4, -0.2) is 47.7 Å². The molecule has 0 aliphatic carbocycles. The number of piperazine rings is 1. The zero-order valence-electron chi connectivity index (χ0n) is 12.3. The first kappa shape index (κ1) is 12.7. The largest absolute Gasteiger partial charge is 0.481 e. The van der Waals surface area contributed by atoms with Gasteiger partial charge in [-0.15, -0.1) is 0 Å². The molecule has 2 unspecified atom stereocenters. The molecule has 1 aromatic heterocycles. The Morgan fingerprint density at radius 1 is 1.21 bits per heavy atom. The molecule has 19 heavy (non-hydrogen) atoms. The number of hydrogen-bond donors (Lipinski definition) is 0. The van der Waals surface area contributed by atoms with Crippen molar-refractivity contribution in [2.45, 2.75) is 44.8 Å². The third kappa shape index (κ3) is 2.18. The minimum Gasteiger partial charge on any atom is -0.481 e. The van der Waals surface area contributed by atoms with E-state index >= 15 is 0 Å². The van der Waals surface area contributed by atoms with Crippen LogP contribution in [0.5, 0.6) is 5.88 Å². The van der Waals surface area contributed by atoms with Gasteiger partial charge in [-0.2, -0.15) is 0 Å². The van der Waals surface area contributed by atoms with Gasteiger partial charge in [0.05, 0.1) is 19.0 Å². The Balaban J connectivity index is 1.72. The normalized spacial score (nSPS) is 27.1. The molecule has 2 saturated heterocycles. The van der Waals surface area contributed by atoms with Crippen LogP contribution in [0.4, 0.5) is 5.69 Å². The Hall–Kier alpha value is -1.29. The number of likely N-dealkylation sites (tertiary alicyclic amines) is 1. The van der Waals surface area contributed by atoms with Crippen molar-refractivity contribution >= 4 is 5.69 Å². The molecule has 3 rings (SSSR count). The van der Waals surface area contributed by atoms with E-state index in [1.54, 1.807) is 7.11 Å². The summed E-state index contributed by atoms with van der Waals surface area (Å²) in [6.45, 7) is 9.23. The van der Waals surface area contributed by atoms with Crippen LogP contribution in [0.2, 0.25) is 0 Å². The quantitative estimate of drug-likeness (QED) is 0.815. The fourth-order valence-corrected chi connectivity index (χ4v) is 3.23. The predicted molar refractivity (Wildman–Crippen MR) is 76.8 cm³/mol. The molecule has 2 atom stereocenters. The van der Waals surface area contributed by atoms with Crippen molar-refractivity contribution in [3.63, 3.8) is 0 Å². The summed E-state index contributed by atoms with van der Waals surface area (Å²) in [5.74, 6) is 0.686. The molecule has 4 heteroatoms. The summed E-state index contributed by atoms with van der Waals surface area (Å²) in [7, 11) is 1.65.